The van der Waals surface area contributed by atoms with Gasteiger partial charge in [-0.15, -0.1) is 0 Å². The Bertz CT molecular complexity index is 558. The molecule has 0 saturated heterocycles. The number of rotatable bonds is 7. The highest BCUT2D eigenvalue weighted by Crippen LogP contribution is 2.23. The maximum absolute atomic E-state index is 13.6. The second-order valence-corrected chi connectivity index (χ2v) is 6.96. The lowest BCUT2D eigenvalue weighted by molar-refractivity contribution is -0.380. The van der Waals surface area contributed by atoms with E-state index in [9.17, 15) is 23.7 Å². The van der Waals surface area contributed by atoms with E-state index < -0.39 is 35.6 Å². The standard InChI is InChI=1S/C13H19F2N3O4S/c1-12(2,3)22-11(19)17-8-13(14,15)7-16-6-9-4-5-10(23-9)18(20)21/h4-5,16H,6-8H2,1-3H3,(H,17,19). The lowest BCUT2D eigenvalue weighted by Crippen LogP contribution is -2.44. The summed E-state index contributed by atoms with van der Waals surface area (Å²) < 4.78 is 32.1. The lowest BCUT2D eigenvalue weighted by atomic mass is 10.2. The quantitative estimate of drug-likeness (QED) is 0.582. The summed E-state index contributed by atoms with van der Waals surface area (Å²) in [5, 5.41) is 15.0. The summed E-state index contributed by atoms with van der Waals surface area (Å²) in [4.78, 5) is 21.9. The van der Waals surface area contributed by atoms with Crippen LogP contribution in [0.25, 0.3) is 0 Å². The fourth-order valence-electron chi connectivity index (χ4n) is 1.51. The van der Waals surface area contributed by atoms with E-state index in [-0.39, 0.29) is 11.5 Å². The molecule has 0 bridgehead atoms. The molecule has 0 spiro atoms. The van der Waals surface area contributed by atoms with Gasteiger partial charge in [0, 0.05) is 17.5 Å². The van der Waals surface area contributed by atoms with Gasteiger partial charge in [0.1, 0.15) is 5.60 Å². The predicted octanol–water partition coefficient (Wildman–Crippen LogP) is 2.91. The van der Waals surface area contributed by atoms with E-state index in [4.69, 9.17) is 4.74 Å². The molecule has 130 valence electrons. The van der Waals surface area contributed by atoms with Crippen molar-refractivity contribution in [1.29, 1.82) is 0 Å². The van der Waals surface area contributed by atoms with Crippen molar-refractivity contribution >= 4 is 22.4 Å². The van der Waals surface area contributed by atoms with Crippen molar-refractivity contribution in [3.05, 3.63) is 27.1 Å². The van der Waals surface area contributed by atoms with Crippen molar-refractivity contribution in [2.24, 2.45) is 0 Å². The Labute approximate surface area is 136 Å². The average Bonchev–Trinajstić information content (AvgIpc) is 2.83. The van der Waals surface area contributed by atoms with Crippen LogP contribution in [0.4, 0.5) is 18.6 Å². The molecule has 10 heteroatoms. The van der Waals surface area contributed by atoms with Gasteiger partial charge in [-0.05, 0) is 26.8 Å². The number of carbonyl (C=O) groups excluding carboxylic acids is 1. The first kappa shape index (κ1) is 19.2. The zero-order valence-corrected chi connectivity index (χ0v) is 13.8. The molecule has 0 aliphatic heterocycles. The number of ether oxygens (including phenoxy) is 1. The largest absolute Gasteiger partial charge is 0.444 e. The maximum Gasteiger partial charge on any atom is 0.407 e. The molecule has 0 radical (unpaired) electrons. The van der Waals surface area contributed by atoms with Gasteiger partial charge in [-0.25, -0.2) is 13.6 Å². The summed E-state index contributed by atoms with van der Waals surface area (Å²) >= 11 is 0.920. The van der Waals surface area contributed by atoms with Gasteiger partial charge in [0.15, 0.2) is 0 Å². The number of alkyl halides is 2. The van der Waals surface area contributed by atoms with Crippen LogP contribution < -0.4 is 10.6 Å². The molecule has 2 N–H and O–H groups in total. The average molecular weight is 351 g/mol. The third kappa shape index (κ3) is 7.84. The van der Waals surface area contributed by atoms with Crippen molar-refractivity contribution in [2.45, 2.75) is 38.8 Å². The highest BCUT2D eigenvalue weighted by Gasteiger charge is 2.30. The molecular weight excluding hydrogens is 332 g/mol. The molecule has 7 nitrogen and oxygen atoms in total. The van der Waals surface area contributed by atoms with Crippen LogP contribution in [0.1, 0.15) is 25.6 Å². The van der Waals surface area contributed by atoms with Crippen molar-refractivity contribution in [2.75, 3.05) is 13.1 Å². The van der Waals surface area contributed by atoms with Crippen LogP contribution >= 0.6 is 11.3 Å². The number of carbonyl (C=O) groups is 1. The van der Waals surface area contributed by atoms with Gasteiger partial charge < -0.3 is 15.4 Å². The minimum atomic E-state index is -3.17. The molecule has 0 unspecified atom stereocenters. The summed E-state index contributed by atoms with van der Waals surface area (Å²) in [5.74, 6) is -3.17. The number of nitrogens with one attached hydrogen (secondary N) is 2. The first-order valence-corrected chi connectivity index (χ1v) is 7.59. The van der Waals surface area contributed by atoms with Gasteiger partial charge in [-0.1, -0.05) is 11.3 Å². The SMILES string of the molecule is CC(C)(C)OC(=O)NCC(F)(F)CNCc1ccc([N+](=O)[O-])s1. The molecule has 0 fully saturated rings. The minimum Gasteiger partial charge on any atom is -0.444 e. The van der Waals surface area contributed by atoms with Crippen molar-refractivity contribution in [3.8, 4) is 0 Å². The Kier molecular flexibility index (Phi) is 6.39. The van der Waals surface area contributed by atoms with Crippen LogP contribution in [0.3, 0.4) is 0 Å². The Morgan fingerprint density at radius 1 is 1.35 bits per heavy atom. The van der Waals surface area contributed by atoms with Crippen molar-refractivity contribution < 1.29 is 23.2 Å². The van der Waals surface area contributed by atoms with Gasteiger partial charge in [-0.2, -0.15) is 0 Å². The first-order chi connectivity index (χ1) is 10.5. The Hall–Kier alpha value is -1.81. The van der Waals surface area contributed by atoms with Crippen molar-refractivity contribution in [1.82, 2.24) is 10.6 Å². The number of halogens is 2. The van der Waals surface area contributed by atoms with Crippen LogP contribution in [0, 0.1) is 10.1 Å². The fourth-order valence-corrected chi connectivity index (χ4v) is 2.30. The van der Waals surface area contributed by atoms with Crippen LogP contribution in [0.5, 0.6) is 0 Å². The predicted molar refractivity (Wildman–Crippen MR) is 81.9 cm³/mol. The summed E-state index contributed by atoms with van der Waals surface area (Å²) in [7, 11) is 0. The maximum atomic E-state index is 13.6. The Morgan fingerprint density at radius 3 is 2.52 bits per heavy atom. The molecule has 0 aliphatic carbocycles. The molecule has 1 aromatic rings. The van der Waals surface area contributed by atoms with E-state index in [1.54, 1.807) is 20.8 Å². The van der Waals surface area contributed by atoms with Crippen LogP contribution in [0.15, 0.2) is 12.1 Å². The van der Waals surface area contributed by atoms with Gasteiger partial charge in [-0.3, -0.25) is 10.1 Å². The molecule has 0 atom stereocenters. The van der Waals surface area contributed by atoms with Crippen LogP contribution in [-0.2, 0) is 11.3 Å². The zero-order valence-electron chi connectivity index (χ0n) is 13.0. The highest BCUT2D eigenvalue weighted by atomic mass is 32.1. The summed E-state index contributed by atoms with van der Waals surface area (Å²) in [6.07, 6.45) is -0.911. The number of hydrogen-bond acceptors (Lipinski definition) is 6. The van der Waals surface area contributed by atoms with Crippen LogP contribution in [-0.4, -0.2) is 35.6 Å². The number of nitro groups is 1. The van der Waals surface area contributed by atoms with E-state index in [1.807, 2.05) is 5.32 Å². The second-order valence-electron chi connectivity index (χ2n) is 5.81. The van der Waals surface area contributed by atoms with Gasteiger partial charge in [0.25, 0.3) is 5.92 Å². The molecule has 0 aliphatic rings. The summed E-state index contributed by atoms with van der Waals surface area (Å²) in [6.45, 7) is 3.44. The molecule has 0 aromatic carbocycles. The van der Waals surface area contributed by atoms with E-state index in [2.05, 4.69) is 5.32 Å². The Morgan fingerprint density at radius 2 is 2.00 bits per heavy atom. The fraction of sp³-hybridized carbons (Fsp3) is 0.615. The van der Waals surface area contributed by atoms with E-state index in [1.165, 1.54) is 12.1 Å². The topological polar surface area (TPSA) is 93.5 Å². The summed E-state index contributed by atoms with van der Waals surface area (Å²) in [5.41, 5.74) is -0.758. The number of nitrogens with zero attached hydrogens (tertiary/aromatic N) is 1. The second kappa shape index (κ2) is 7.64. The zero-order chi connectivity index (χ0) is 17.7. The van der Waals surface area contributed by atoms with E-state index in [0.717, 1.165) is 11.3 Å². The molecule has 1 rings (SSSR count). The van der Waals surface area contributed by atoms with Gasteiger partial charge in [0.05, 0.1) is 18.0 Å². The number of alkyl carbamates (subject to hydrolysis) is 1. The third-order valence-electron chi connectivity index (χ3n) is 2.40. The number of hydrogen-bond donors (Lipinski definition) is 2. The number of amides is 1. The minimum absolute atomic E-state index is 0.0415. The monoisotopic (exact) mass is 351 g/mol. The van der Waals surface area contributed by atoms with E-state index in [0.29, 0.717) is 4.88 Å². The smallest absolute Gasteiger partial charge is 0.407 e. The molecule has 0 saturated carbocycles. The normalized spacial score (nSPS) is 12.0. The van der Waals surface area contributed by atoms with E-state index >= 15 is 0 Å². The molecule has 1 amide bonds. The third-order valence-corrected chi connectivity index (χ3v) is 3.44. The Balaban J connectivity index is 2.34. The summed E-state index contributed by atoms with van der Waals surface area (Å²) in [6, 6.07) is 2.83. The lowest BCUT2D eigenvalue weighted by Gasteiger charge is -2.22. The number of thiophene rings is 1. The molecule has 23 heavy (non-hydrogen) atoms. The van der Waals surface area contributed by atoms with Crippen molar-refractivity contribution in [3.63, 3.8) is 0 Å². The molecule has 1 aromatic heterocycles. The highest BCUT2D eigenvalue weighted by molar-refractivity contribution is 7.15. The van der Waals surface area contributed by atoms with Gasteiger partial charge in [0.2, 0.25) is 0 Å². The van der Waals surface area contributed by atoms with Gasteiger partial charge >= 0.3 is 11.1 Å². The first-order valence-electron chi connectivity index (χ1n) is 6.77. The molecule has 1 heterocycles. The van der Waals surface area contributed by atoms with Crippen LogP contribution in [0.2, 0.25) is 0 Å². The molecular formula is C13H19F2N3O4S.